The topological polar surface area (TPSA) is 78.9 Å². The molecule has 0 saturated carbocycles. The second kappa shape index (κ2) is 6.51. The van der Waals surface area contributed by atoms with E-state index >= 15 is 0 Å². The summed E-state index contributed by atoms with van der Waals surface area (Å²) in [5.41, 5.74) is 2.99. The third-order valence-electron chi connectivity index (χ3n) is 3.78. The number of imidazole rings is 1. The number of rotatable bonds is 5. The molecule has 0 atom stereocenters. The molecule has 132 valence electrons. The van der Waals surface area contributed by atoms with Crippen molar-refractivity contribution >= 4 is 11.0 Å². The summed E-state index contributed by atoms with van der Waals surface area (Å²) < 4.78 is 37.5. The average Bonchev–Trinajstić information content (AvgIpc) is 3.28. The van der Waals surface area contributed by atoms with E-state index < -0.39 is 12.3 Å². The Labute approximate surface area is 146 Å². The fraction of sp³-hybridized carbons (Fsp3) is 0.176. The highest BCUT2D eigenvalue weighted by molar-refractivity contribution is 5.76. The van der Waals surface area contributed by atoms with Crippen molar-refractivity contribution in [1.82, 2.24) is 24.7 Å². The van der Waals surface area contributed by atoms with Crippen LogP contribution in [0.25, 0.3) is 22.5 Å². The predicted octanol–water partition coefficient (Wildman–Crippen LogP) is 3.53. The van der Waals surface area contributed by atoms with Crippen molar-refractivity contribution in [2.45, 2.75) is 13.0 Å². The van der Waals surface area contributed by atoms with Crippen molar-refractivity contribution in [2.24, 2.45) is 7.05 Å². The zero-order chi connectivity index (χ0) is 18.1. The van der Waals surface area contributed by atoms with Crippen LogP contribution in [-0.2, 0) is 13.7 Å². The Bertz CT molecular complexity index is 1040. The Kier molecular flexibility index (Phi) is 4.04. The maximum Gasteiger partial charge on any atom is 0.314 e. The van der Waals surface area contributed by atoms with E-state index in [1.54, 1.807) is 18.5 Å². The molecule has 0 radical (unpaired) electrons. The fourth-order valence-corrected chi connectivity index (χ4v) is 2.44. The van der Waals surface area contributed by atoms with Crippen LogP contribution < -0.4 is 4.74 Å². The molecular formula is C17H13F2N5O2. The molecule has 0 unspecified atom stereocenters. The van der Waals surface area contributed by atoms with Crippen LogP contribution in [0.3, 0.4) is 0 Å². The molecule has 0 spiro atoms. The molecule has 4 aromatic rings. The van der Waals surface area contributed by atoms with Crippen LogP contribution in [0.5, 0.6) is 5.75 Å². The summed E-state index contributed by atoms with van der Waals surface area (Å²) in [4.78, 5) is 8.51. The minimum absolute atomic E-state index is 0.000807. The zero-order valence-electron chi connectivity index (χ0n) is 13.6. The number of pyridine rings is 1. The number of nitrogens with zero attached hydrogens (tertiary/aromatic N) is 5. The fourth-order valence-electron chi connectivity index (χ4n) is 2.44. The molecule has 0 amide bonds. The van der Waals surface area contributed by atoms with Crippen molar-refractivity contribution in [2.75, 3.05) is 0 Å². The van der Waals surface area contributed by atoms with Gasteiger partial charge in [-0.15, -0.1) is 10.2 Å². The Balaban J connectivity index is 1.44. The highest BCUT2D eigenvalue weighted by Crippen LogP contribution is 2.23. The van der Waals surface area contributed by atoms with Gasteiger partial charge in [-0.2, -0.15) is 8.78 Å². The summed E-state index contributed by atoms with van der Waals surface area (Å²) in [5, 5.41) is 6.88. The highest BCUT2D eigenvalue weighted by atomic mass is 19.3. The second-order valence-electron chi connectivity index (χ2n) is 5.58. The van der Waals surface area contributed by atoms with Crippen LogP contribution in [0, 0.1) is 0 Å². The lowest BCUT2D eigenvalue weighted by Gasteiger charge is -2.06. The first-order valence-corrected chi connectivity index (χ1v) is 7.71. The van der Waals surface area contributed by atoms with Gasteiger partial charge in [-0.05, 0) is 24.3 Å². The summed E-state index contributed by atoms with van der Waals surface area (Å²) in [6.45, 7) is 0.255. The number of ether oxygens (including phenoxy) is 1. The molecule has 0 aliphatic carbocycles. The Hall–Kier alpha value is -3.36. The van der Waals surface area contributed by atoms with Gasteiger partial charge in [0.15, 0.2) is 0 Å². The Morgan fingerprint density at radius 2 is 2.04 bits per heavy atom. The molecule has 7 nitrogen and oxygen atoms in total. The van der Waals surface area contributed by atoms with E-state index in [0.29, 0.717) is 17.0 Å². The largest absolute Gasteiger partial charge is 0.487 e. The van der Waals surface area contributed by atoms with Gasteiger partial charge in [0, 0.05) is 19.3 Å². The number of hydrogen-bond donors (Lipinski definition) is 0. The standard InChI is InChI=1S/C17H13F2N5O2/c1-24-9-21-13-6-12(4-5-14(13)24)25-8-11-3-2-10(7-20-11)16-22-23-17(26-16)15(18)19/h2-7,9,15H,8H2,1H3. The molecule has 0 aliphatic rings. The number of benzene rings is 1. The molecule has 0 N–H and O–H groups in total. The first-order valence-electron chi connectivity index (χ1n) is 7.71. The van der Waals surface area contributed by atoms with Crippen molar-refractivity contribution in [1.29, 1.82) is 0 Å². The van der Waals surface area contributed by atoms with Crippen LogP contribution in [0.15, 0.2) is 47.3 Å². The van der Waals surface area contributed by atoms with Gasteiger partial charge in [0.05, 0.1) is 28.6 Å². The normalized spacial score (nSPS) is 11.4. The number of aryl methyl sites for hydroxylation is 1. The first-order chi connectivity index (χ1) is 12.6. The smallest absolute Gasteiger partial charge is 0.314 e. The maximum atomic E-state index is 12.5. The van der Waals surface area contributed by atoms with Crippen molar-refractivity contribution in [3.05, 3.63) is 54.4 Å². The van der Waals surface area contributed by atoms with Gasteiger partial charge in [0.1, 0.15) is 12.4 Å². The minimum atomic E-state index is -2.80. The lowest BCUT2D eigenvalue weighted by Crippen LogP contribution is -1.98. The molecule has 4 rings (SSSR count). The molecule has 3 aromatic heterocycles. The van der Waals surface area contributed by atoms with E-state index in [0.717, 1.165) is 11.0 Å². The second-order valence-corrected chi connectivity index (χ2v) is 5.58. The van der Waals surface area contributed by atoms with Gasteiger partial charge in [-0.3, -0.25) is 4.98 Å². The summed E-state index contributed by atoms with van der Waals surface area (Å²) in [7, 11) is 1.93. The van der Waals surface area contributed by atoms with Crippen LogP contribution in [-0.4, -0.2) is 24.7 Å². The predicted molar refractivity (Wildman–Crippen MR) is 87.5 cm³/mol. The first kappa shape index (κ1) is 16.1. The third kappa shape index (κ3) is 3.10. The summed E-state index contributed by atoms with van der Waals surface area (Å²) in [5.74, 6) is -0.0289. The summed E-state index contributed by atoms with van der Waals surface area (Å²) in [6, 6.07) is 9.03. The van der Waals surface area contributed by atoms with Crippen LogP contribution in [0.2, 0.25) is 0 Å². The third-order valence-corrected chi connectivity index (χ3v) is 3.78. The van der Waals surface area contributed by atoms with E-state index in [1.807, 2.05) is 29.8 Å². The van der Waals surface area contributed by atoms with Gasteiger partial charge in [-0.25, -0.2) is 4.98 Å². The van der Waals surface area contributed by atoms with Gasteiger partial charge in [0.25, 0.3) is 5.89 Å². The number of alkyl halides is 2. The SMILES string of the molecule is Cn1cnc2cc(OCc3ccc(-c4nnc(C(F)F)o4)cn3)ccc21. The van der Waals surface area contributed by atoms with Gasteiger partial charge in [0.2, 0.25) is 5.89 Å². The number of halogens is 2. The minimum Gasteiger partial charge on any atom is -0.487 e. The molecule has 0 saturated heterocycles. The van der Waals surface area contributed by atoms with Crippen molar-refractivity contribution < 1.29 is 17.9 Å². The van der Waals surface area contributed by atoms with Crippen molar-refractivity contribution in [3.63, 3.8) is 0 Å². The summed E-state index contributed by atoms with van der Waals surface area (Å²) >= 11 is 0. The van der Waals surface area contributed by atoms with E-state index in [4.69, 9.17) is 9.15 Å². The molecule has 26 heavy (non-hydrogen) atoms. The quantitative estimate of drug-likeness (QED) is 0.544. The lowest BCUT2D eigenvalue weighted by molar-refractivity contribution is 0.116. The average molecular weight is 357 g/mol. The number of aromatic nitrogens is 5. The van der Waals surface area contributed by atoms with Crippen LogP contribution in [0.4, 0.5) is 8.78 Å². The van der Waals surface area contributed by atoms with Gasteiger partial charge < -0.3 is 13.7 Å². The monoisotopic (exact) mass is 357 g/mol. The lowest BCUT2D eigenvalue weighted by atomic mass is 10.2. The molecule has 0 bridgehead atoms. The molecule has 3 heterocycles. The van der Waals surface area contributed by atoms with E-state index in [9.17, 15) is 8.78 Å². The maximum absolute atomic E-state index is 12.5. The van der Waals surface area contributed by atoms with E-state index in [2.05, 4.69) is 20.2 Å². The van der Waals surface area contributed by atoms with Crippen LogP contribution >= 0.6 is 0 Å². The molecular weight excluding hydrogens is 344 g/mol. The molecule has 9 heteroatoms. The van der Waals surface area contributed by atoms with Gasteiger partial charge >= 0.3 is 6.43 Å². The van der Waals surface area contributed by atoms with E-state index in [1.165, 1.54) is 6.20 Å². The number of hydrogen-bond acceptors (Lipinski definition) is 6. The highest BCUT2D eigenvalue weighted by Gasteiger charge is 2.17. The molecule has 1 aromatic carbocycles. The van der Waals surface area contributed by atoms with Crippen LogP contribution in [0.1, 0.15) is 18.0 Å². The van der Waals surface area contributed by atoms with Gasteiger partial charge in [-0.1, -0.05) is 0 Å². The number of fused-ring (bicyclic) bond motifs is 1. The molecule has 0 aliphatic heterocycles. The van der Waals surface area contributed by atoms with E-state index in [-0.39, 0.29) is 12.5 Å². The summed E-state index contributed by atoms with van der Waals surface area (Å²) in [6.07, 6.45) is 0.420. The molecule has 0 fully saturated rings. The Morgan fingerprint density at radius 3 is 2.77 bits per heavy atom. The Morgan fingerprint density at radius 1 is 1.15 bits per heavy atom. The van der Waals surface area contributed by atoms with Crippen molar-refractivity contribution in [3.8, 4) is 17.2 Å². The zero-order valence-corrected chi connectivity index (χ0v) is 13.6.